The molecule has 186 valence electrons. The maximum absolute atomic E-state index is 12.7. The van der Waals surface area contributed by atoms with Gasteiger partial charge in [0.05, 0.1) is 0 Å². The number of alkyl carbamates (subject to hydrolysis) is 1. The Morgan fingerprint density at radius 2 is 1.71 bits per heavy atom. The zero-order chi connectivity index (χ0) is 24.9. The molecule has 2 aromatic rings. The third-order valence-corrected chi connectivity index (χ3v) is 7.10. The molecular weight excluding hydrogens is 448 g/mol. The van der Waals surface area contributed by atoms with E-state index in [4.69, 9.17) is 9.47 Å². The van der Waals surface area contributed by atoms with Crippen molar-refractivity contribution < 1.29 is 29.0 Å². The normalized spacial score (nSPS) is 20.4. The molecule has 0 bridgehead atoms. The first kappa shape index (κ1) is 24.7. The Labute approximate surface area is 205 Å². The number of carbonyl (C=O) groups is 3. The van der Waals surface area contributed by atoms with E-state index < -0.39 is 30.1 Å². The summed E-state index contributed by atoms with van der Waals surface area (Å²) >= 11 is 0. The first-order valence-corrected chi connectivity index (χ1v) is 12.1. The van der Waals surface area contributed by atoms with Crippen molar-refractivity contribution >= 4 is 18.0 Å². The van der Waals surface area contributed by atoms with Crippen LogP contribution >= 0.6 is 0 Å². The third-order valence-electron chi connectivity index (χ3n) is 7.10. The first-order valence-electron chi connectivity index (χ1n) is 12.1. The zero-order valence-corrected chi connectivity index (χ0v) is 20.0. The van der Waals surface area contributed by atoms with Gasteiger partial charge in [0, 0.05) is 25.0 Å². The molecule has 4 unspecified atom stereocenters. The van der Waals surface area contributed by atoms with E-state index in [1.165, 1.54) is 0 Å². The van der Waals surface area contributed by atoms with Gasteiger partial charge in [-0.05, 0) is 34.6 Å². The number of rotatable bonds is 9. The fourth-order valence-corrected chi connectivity index (χ4v) is 4.92. The summed E-state index contributed by atoms with van der Waals surface area (Å²) in [6.45, 7) is 4.44. The van der Waals surface area contributed by atoms with Crippen LogP contribution in [-0.2, 0) is 19.1 Å². The van der Waals surface area contributed by atoms with Gasteiger partial charge in [-0.3, -0.25) is 4.79 Å². The van der Waals surface area contributed by atoms with E-state index in [-0.39, 0.29) is 30.9 Å². The highest BCUT2D eigenvalue weighted by Gasteiger charge is 2.37. The van der Waals surface area contributed by atoms with E-state index >= 15 is 0 Å². The Morgan fingerprint density at radius 3 is 2.31 bits per heavy atom. The maximum atomic E-state index is 12.7. The van der Waals surface area contributed by atoms with Gasteiger partial charge in [0.1, 0.15) is 18.8 Å². The molecule has 4 rings (SSSR count). The molecule has 8 heteroatoms. The van der Waals surface area contributed by atoms with E-state index in [0.717, 1.165) is 22.3 Å². The number of fused-ring (bicyclic) bond motifs is 3. The van der Waals surface area contributed by atoms with Crippen LogP contribution in [0.4, 0.5) is 4.79 Å². The summed E-state index contributed by atoms with van der Waals surface area (Å²) in [6, 6.07) is 15.3. The number of aliphatic carboxylic acids is 1. The van der Waals surface area contributed by atoms with Crippen LogP contribution in [0.15, 0.2) is 48.5 Å². The predicted molar refractivity (Wildman–Crippen MR) is 130 cm³/mol. The summed E-state index contributed by atoms with van der Waals surface area (Å²) in [7, 11) is 0. The van der Waals surface area contributed by atoms with Gasteiger partial charge in [-0.25, -0.2) is 9.59 Å². The number of hydrogen-bond acceptors (Lipinski definition) is 5. The van der Waals surface area contributed by atoms with Crippen molar-refractivity contribution in [3.63, 3.8) is 0 Å². The van der Waals surface area contributed by atoms with Crippen LogP contribution in [-0.4, -0.2) is 55.0 Å². The highest BCUT2D eigenvalue weighted by atomic mass is 16.5. The Hall–Kier alpha value is -3.39. The lowest BCUT2D eigenvalue weighted by molar-refractivity contribution is -0.145. The molecular formula is C27H32N2O6. The van der Waals surface area contributed by atoms with Crippen LogP contribution in [0, 0.1) is 11.8 Å². The summed E-state index contributed by atoms with van der Waals surface area (Å²) in [4.78, 5) is 36.8. The van der Waals surface area contributed by atoms with Gasteiger partial charge in [0.2, 0.25) is 5.91 Å². The average Bonchev–Trinajstić information content (AvgIpc) is 3.47. The molecule has 0 saturated carbocycles. The van der Waals surface area contributed by atoms with Crippen LogP contribution in [0.2, 0.25) is 0 Å². The minimum atomic E-state index is -1.07. The van der Waals surface area contributed by atoms with Crippen LogP contribution in [0.25, 0.3) is 11.1 Å². The molecule has 35 heavy (non-hydrogen) atoms. The van der Waals surface area contributed by atoms with Gasteiger partial charge in [-0.1, -0.05) is 68.8 Å². The predicted octanol–water partition coefficient (Wildman–Crippen LogP) is 3.55. The quantitative estimate of drug-likeness (QED) is 0.506. The Kier molecular flexibility index (Phi) is 7.70. The fraction of sp³-hybridized carbons (Fsp3) is 0.444. The summed E-state index contributed by atoms with van der Waals surface area (Å²) in [5.74, 6) is -2.04. The number of carboxylic acids is 1. The Balaban J connectivity index is 1.31. The second kappa shape index (κ2) is 10.9. The second-order valence-corrected chi connectivity index (χ2v) is 9.26. The summed E-state index contributed by atoms with van der Waals surface area (Å²) in [5.41, 5.74) is 4.59. The smallest absolute Gasteiger partial charge is 0.407 e. The van der Waals surface area contributed by atoms with E-state index in [1.807, 2.05) is 31.2 Å². The van der Waals surface area contributed by atoms with E-state index in [1.54, 1.807) is 6.92 Å². The van der Waals surface area contributed by atoms with Crippen molar-refractivity contribution in [1.82, 2.24) is 10.6 Å². The highest BCUT2D eigenvalue weighted by molar-refractivity contribution is 5.87. The molecule has 1 heterocycles. The Morgan fingerprint density at radius 1 is 1.09 bits per heavy atom. The monoisotopic (exact) mass is 480 g/mol. The van der Waals surface area contributed by atoms with Crippen molar-refractivity contribution in [3.05, 3.63) is 59.7 Å². The van der Waals surface area contributed by atoms with Gasteiger partial charge in [0.15, 0.2) is 0 Å². The maximum Gasteiger partial charge on any atom is 0.407 e. The minimum absolute atomic E-state index is 0.0324. The molecule has 2 aliphatic rings. The van der Waals surface area contributed by atoms with Gasteiger partial charge in [-0.2, -0.15) is 0 Å². The molecule has 3 N–H and O–H groups in total. The summed E-state index contributed by atoms with van der Waals surface area (Å²) in [5, 5.41) is 14.8. The lowest BCUT2D eigenvalue weighted by atomic mass is 9.97. The molecule has 0 aromatic heterocycles. The van der Waals surface area contributed by atoms with Crippen LogP contribution < -0.4 is 10.6 Å². The highest BCUT2D eigenvalue weighted by Crippen LogP contribution is 2.44. The summed E-state index contributed by atoms with van der Waals surface area (Å²) in [6.07, 6.45) is -0.158. The average molecular weight is 481 g/mol. The van der Waals surface area contributed by atoms with Crippen molar-refractivity contribution in [2.45, 2.75) is 44.8 Å². The van der Waals surface area contributed by atoms with Crippen LogP contribution in [0.5, 0.6) is 0 Å². The van der Waals surface area contributed by atoms with Gasteiger partial charge in [-0.15, -0.1) is 0 Å². The van der Waals surface area contributed by atoms with Crippen molar-refractivity contribution in [2.75, 3.05) is 19.8 Å². The lowest BCUT2D eigenvalue weighted by Crippen LogP contribution is -2.50. The van der Waals surface area contributed by atoms with Gasteiger partial charge in [0.25, 0.3) is 0 Å². The van der Waals surface area contributed by atoms with Gasteiger partial charge < -0.3 is 25.2 Å². The second-order valence-electron chi connectivity index (χ2n) is 9.26. The molecule has 1 fully saturated rings. The topological polar surface area (TPSA) is 114 Å². The molecule has 4 atom stereocenters. The SMILES string of the molecule is CCC(C)C(NC(=O)C1OCCC1CNC(=O)OCC1c2ccccc2-c2ccccc21)C(=O)O. The Bertz CT molecular complexity index is 1040. The number of carboxylic acid groups (broad SMARTS) is 1. The number of hydrogen-bond donors (Lipinski definition) is 3. The molecule has 1 aliphatic carbocycles. The fourth-order valence-electron chi connectivity index (χ4n) is 4.92. The molecule has 1 aliphatic heterocycles. The molecule has 2 amide bonds. The number of benzene rings is 2. The lowest BCUT2D eigenvalue weighted by Gasteiger charge is -2.24. The number of amides is 2. The van der Waals surface area contributed by atoms with Gasteiger partial charge >= 0.3 is 12.1 Å². The molecule has 2 aromatic carbocycles. The first-order chi connectivity index (χ1) is 16.9. The van der Waals surface area contributed by atoms with Crippen molar-refractivity contribution in [2.24, 2.45) is 11.8 Å². The summed E-state index contributed by atoms with van der Waals surface area (Å²) < 4.78 is 11.1. The molecule has 8 nitrogen and oxygen atoms in total. The molecule has 0 spiro atoms. The van der Waals surface area contributed by atoms with Crippen LogP contribution in [0.1, 0.15) is 43.7 Å². The standard InChI is InChI=1S/C27H32N2O6/c1-3-16(2)23(26(31)32)29-25(30)24-17(12-13-34-24)14-28-27(33)35-15-22-20-10-6-4-8-18(20)19-9-5-7-11-21(19)22/h4-11,16-17,22-24H,3,12-15H2,1-2H3,(H,28,33)(H,29,30)(H,31,32). The zero-order valence-electron chi connectivity index (χ0n) is 20.0. The molecule has 1 saturated heterocycles. The third kappa shape index (κ3) is 5.32. The largest absolute Gasteiger partial charge is 0.480 e. The number of nitrogens with one attached hydrogen (secondary N) is 2. The molecule has 0 radical (unpaired) electrons. The van der Waals surface area contributed by atoms with E-state index in [9.17, 15) is 19.5 Å². The number of carbonyl (C=O) groups excluding carboxylic acids is 2. The van der Waals surface area contributed by atoms with Crippen LogP contribution in [0.3, 0.4) is 0 Å². The van der Waals surface area contributed by atoms with E-state index in [2.05, 4.69) is 34.9 Å². The minimum Gasteiger partial charge on any atom is -0.480 e. The number of ether oxygens (including phenoxy) is 2. The van der Waals surface area contributed by atoms with E-state index in [0.29, 0.717) is 19.4 Å². The van der Waals surface area contributed by atoms with Crippen molar-refractivity contribution in [1.29, 1.82) is 0 Å². The van der Waals surface area contributed by atoms with Crippen molar-refractivity contribution in [3.8, 4) is 11.1 Å².